The second kappa shape index (κ2) is 6.63. The summed E-state index contributed by atoms with van der Waals surface area (Å²) >= 11 is 11.9. The Labute approximate surface area is 114 Å². The van der Waals surface area contributed by atoms with Crippen LogP contribution in [-0.2, 0) is 6.54 Å². The van der Waals surface area contributed by atoms with Crippen LogP contribution in [0, 0.1) is 5.92 Å². The zero-order valence-corrected chi connectivity index (χ0v) is 11.5. The van der Waals surface area contributed by atoms with Crippen LogP contribution in [0.15, 0.2) is 18.2 Å². The summed E-state index contributed by atoms with van der Waals surface area (Å²) in [4.78, 5) is 0. The lowest BCUT2D eigenvalue weighted by molar-refractivity contribution is 0.477. The second-order valence-electron chi connectivity index (χ2n) is 4.89. The third-order valence-electron chi connectivity index (χ3n) is 3.46. The van der Waals surface area contributed by atoms with Gasteiger partial charge in [-0.05, 0) is 42.6 Å². The third-order valence-corrected chi connectivity index (χ3v) is 3.89. The van der Waals surface area contributed by atoms with E-state index in [4.69, 9.17) is 23.2 Å². The summed E-state index contributed by atoms with van der Waals surface area (Å²) in [5.74, 6) is 0.949. The summed E-state index contributed by atoms with van der Waals surface area (Å²) in [7, 11) is 0. The SMILES string of the molecule is Clc1cc(Cl)cc(CNCCC2CCCC2)c1. The molecule has 0 radical (unpaired) electrons. The summed E-state index contributed by atoms with van der Waals surface area (Å²) in [6, 6.07) is 5.71. The lowest BCUT2D eigenvalue weighted by atomic mass is 10.0. The number of halogens is 2. The minimum absolute atomic E-state index is 0.713. The van der Waals surface area contributed by atoms with Gasteiger partial charge in [0.25, 0.3) is 0 Å². The molecule has 0 aromatic heterocycles. The number of hydrogen-bond acceptors (Lipinski definition) is 1. The van der Waals surface area contributed by atoms with Crippen LogP contribution in [0.5, 0.6) is 0 Å². The quantitative estimate of drug-likeness (QED) is 0.768. The van der Waals surface area contributed by atoms with Gasteiger partial charge >= 0.3 is 0 Å². The van der Waals surface area contributed by atoms with E-state index in [1.807, 2.05) is 12.1 Å². The molecular formula is C14H19Cl2N. The molecule has 0 atom stereocenters. The predicted molar refractivity (Wildman–Crippen MR) is 74.7 cm³/mol. The van der Waals surface area contributed by atoms with Crippen molar-refractivity contribution >= 4 is 23.2 Å². The van der Waals surface area contributed by atoms with Gasteiger partial charge in [0.15, 0.2) is 0 Å². The van der Waals surface area contributed by atoms with E-state index in [0.29, 0.717) is 10.0 Å². The van der Waals surface area contributed by atoms with Crippen molar-refractivity contribution in [2.45, 2.75) is 38.6 Å². The molecule has 0 bridgehead atoms. The highest BCUT2D eigenvalue weighted by Crippen LogP contribution is 2.27. The molecule has 1 N–H and O–H groups in total. The number of benzene rings is 1. The second-order valence-corrected chi connectivity index (χ2v) is 5.77. The first kappa shape index (κ1) is 13.2. The molecule has 0 amide bonds. The van der Waals surface area contributed by atoms with Crippen molar-refractivity contribution in [2.75, 3.05) is 6.54 Å². The molecule has 0 aliphatic heterocycles. The first-order chi connectivity index (χ1) is 8.24. The molecule has 1 aliphatic rings. The molecule has 2 rings (SSSR count). The number of rotatable bonds is 5. The van der Waals surface area contributed by atoms with E-state index in [1.54, 1.807) is 6.07 Å². The molecule has 94 valence electrons. The summed E-state index contributed by atoms with van der Waals surface area (Å²) < 4.78 is 0. The highest BCUT2D eigenvalue weighted by Gasteiger charge is 2.13. The average molecular weight is 272 g/mol. The van der Waals surface area contributed by atoms with Crippen molar-refractivity contribution < 1.29 is 0 Å². The summed E-state index contributed by atoms with van der Waals surface area (Å²) in [5.41, 5.74) is 1.16. The Bertz CT molecular complexity index is 339. The van der Waals surface area contributed by atoms with E-state index in [1.165, 1.54) is 32.1 Å². The number of hydrogen-bond donors (Lipinski definition) is 1. The molecule has 1 aliphatic carbocycles. The molecular weight excluding hydrogens is 253 g/mol. The Hall–Kier alpha value is -0.240. The highest BCUT2D eigenvalue weighted by molar-refractivity contribution is 6.34. The monoisotopic (exact) mass is 271 g/mol. The summed E-state index contributed by atoms with van der Waals surface area (Å²) in [6.45, 7) is 1.95. The fourth-order valence-electron chi connectivity index (χ4n) is 2.55. The van der Waals surface area contributed by atoms with Crippen molar-refractivity contribution in [3.8, 4) is 0 Å². The van der Waals surface area contributed by atoms with Gasteiger partial charge in [-0.25, -0.2) is 0 Å². The van der Waals surface area contributed by atoms with Crippen LogP contribution in [0.4, 0.5) is 0 Å². The number of nitrogens with one attached hydrogen (secondary N) is 1. The van der Waals surface area contributed by atoms with Crippen molar-refractivity contribution in [1.29, 1.82) is 0 Å². The molecule has 17 heavy (non-hydrogen) atoms. The maximum Gasteiger partial charge on any atom is 0.0424 e. The third kappa shape index (κ3) is 4.50. The maximum absolute atomic E-state index is 5.95. The van der Waals surface area contributed by atoms with E-state index in [9.17, 15) is 0 Å². The van der Waals surface area contributed by atoms with Crippen LogP contribution in [-0.4, -0.2) is 6.54 Å². The smallest absolute Gasteiger partial charge is 0.0424 e. The van der Waals surface area contributed by atoms with Crippen LogP contribution in [0.1, 0.15) is 37.7 Å². The average Bonchev–Trinajstić information content (AvgIpc) is 2.76. The Balaban J connectivity index is 1.70. The lowest BCUT2D eigenvalue weighted by Crippen LogP contribution is -2.17. The van der Waals surface area contributed by atoms with Gasteiger partial charge in [0.2, 0.25) is 0 Å². The topological polar surface area (TPSA) is 12.0 Å². The molecule has 0 heterocycles. The van der Waals surface area contributed by atoms with Gasteiger partial charge in [-0.15, -0.1) is 0 Å². The van der Waals surface area contributed by atoms with Gasteiger partial charge in [0.05, 0.1) is 0 Å². The largest absolute Gasteiger partial charge is 0.313 e. The Morgan fingerprint density at radius 3 is 2.35 bits per heavy atom. The van der Waals surface area contributed by atoms with Crippen LogP contribution in [0.3, 0.4) is 0 Å². The molecule has 0 unspecified atom stereocenters. The van der Waals surface area contributed by atoms with E-state index < -0.39 is 0 Å². The van der Waals surface area contributed by atoms with E-state index >= 15 is 0 Å². The first-order valence-corrected chi connectivity index (χ1v) is 7.15. The van der Waals surface area contributed by atoms with Crippen molar-refractivity contribution in [2.24, 2.45) is 5.92 Å². The minimum Gasteiger partial charge on any atom is -0.313 e. The minimum atomic E-state index is 0.713. The van der Waals surface area contributed by atoms with Gasteiger partial charge in [0.1, 0.15) is 0 Å². The van der Waals surface area contributed by atoms with Crippen LogP contribution in [0.2, 0.25) is 10.0 Å². The molecule has 0 saturated heterocycles. The van der Waals surface area contributed by atoms with Crippen molar-refractivity contribution in [1.82, 2.24) is 5.32 Å². The lowest BCUT2D eigenvalue weighted by Gasteiger charge is -2.10. The molecule has 1 saturated carbocycles. The maximum atomic E-state index is 5.95. The van der Waals surface area contributed by atoms with E-state index in [0.717, 1.165) is 24.6 Å². The standard InChI is InChI=1S/C14H19Cl2N/c15-13-7-12(8-14(16)9-13)10-17-6-5-11-3-1-2-4-11/h7-9,11,17H,1-6,10H2. The van der Waals surface area contributed by atoms with E-state index in [-0.39, 0.29) is 0 Å². The fraction of sp³-hybridized carbons (Fsp3) is 0.571. The molecule has 1 aromatic carbocycles. The normalized spacial score (nSPS) is 16.6. The summed E-state index contributed by atoms with van der Waals surface area (Å²) in [5, 5.41) is 4.89. The molecule has 1 nitrogen and oxygen atoms in total. The Morgan fingerprint density at radius 1 is 1.06 bits per heavy atom. The van der Waals surface area contributed by atoms with E-state index in [2.05, 4.69) is 5.32 Å². The molecule has 1 fully saturated rings. The fourth-order valence-corrected chi connectivity index (χ4v) is 3.12. The zero-order chi connectivity index (χ0) is 12.1. The van der Waals surface area contributed by atoms with Gasteiger partial charge in [-0.2, -0.15) is 0 Å². The molecule has 0 spiro atoms. The van der Waals surface area contributed by atoms with Gasteiger partial charge in [-0.1, -0.05) is 48.9 Å². The zero-order valence-electron chi connectivity index (χ0n) is 10.0. The van der Waals surface area contributed by atoms with Crippen molar-refractivity contribution in [3.05, 3.63) is 33.8 Å². The van der Waals surface area contributed by atoms with Gasteiger partial charge in [0, 0.05) is 16.6 Å². The predicted octanol–water partition coefficient (Wildman–Crippen LogP) is 4.66. The van der Waals surface area contributed by atoms with Gasteiger partial charge < -0.3 is 5.32 Å². The van der Waals surface area contributed by atoms with Crippen LogP contribution in [0.25, 0.3) is 0 Å². The van der Waals surface area contributed by atoms with Crippen molar-refractivity contribution in [3.63, 3.8) is 0 Å². The first-order valence-electron chi connectivity index (χ1n) is 6.40. The van der Waals surface area contributed by atoms with Gasteiger partial charge in [-0.3, -0.25) is 0 Å². The Kier molecular flexibility index (Phi) is 5.15. The molecule has 1 aromatic rings. The molecule has 3 heteroatoms. The highest BCUT2D eigenvalue weighted by atomic mass is 35.5. The van der Waals surface area contributed by atoms with Crippen LogP contribution < -0.4 is 5.32 Å². The van der Waals surface area contributed by atoms with Crippen LogP contribution >= 0.6 is 23.2 Å². The Morgan fingerprint density at radius 2 is 1.71 bits per heavy atom. The summed E-state index contributed by atoms with van der Waals surface area (Å²) in [6.07, 6.45) is 6.99.